The first-order valence-electron chi connectivity index (χ1n) is 11.8. The Hall–Kier alpha value is -3.50. The van der Waals surface area contributed by atoms with Crippen molar-refractivity contribution < 1.29 is 23.4 Å². The number of hydrogen-bond acceptors (Lipinski definition) is 6. The molecule has 0 aliphatic rings. The number of halogens is 2. The molecule has 8 nitrogen and oxygen atoms in total. The van der Waals surface area contributed by atoms with Crippen LogP contribution >= 0.6 is 31.9 Å². The average molecular weight is 645 g/mol. The third-order valence-corrected chi connectivity index (χ3v) is 7.81. The highest BCUT2D eigenvalue weighted by atomic mass is 79.9. The van der Waals surface area contributed by atoms with E-state index in [4.69, 9.17) is 18.6 Å². The topological polar surface area (TPSA) is 87.2 Å². The number of carbonyl (C=O) groups is 1. The molecule has 2 aromatic heterocycles. The lowest BCUT2D eigenvalue weighted by atomic mass is 10.2. The van der Waals surface area contributed by atoms with Gasteiger partial charge in [-0.25, -0.2) is 5.43 Å². The number of aryl methyl sites for hydroxylation is 2. The molecule has 0 radical (unpaired) electrons. The van der Waals surface area contributed by atoms with Crippen LogP contribution in [0.15, 0.2) is 73.1 Å². The number of benzene rings is 2. The minimum atomic E-state index is -0.484. The van der Waals surface area contributed by atoms with Gasteiger partial charge in [0.05, 0.1) is 24.4 Å². The first kappa shape index (κ1) is 27.5. The number of hydrogen-bond donors (Lipinski definition) is 1. The molecule has 4 aromatic rings. The number of furan rings is 1. The molecule has 0 atom stereocenters. The molecule has 0 saturated heterocycles. The summed E-state index contributed by atoms with van der Waals surface area (Å²) >= 11 is 7.02. The van der Waals surface area contributed by atoms with E-state index in [0.717, 1.165) is 5.69 Å². The molecule has 0 bridgehead atoms. The Morgan fingerprint density at radius 3 is 2.39 bits per heavy atom. The number of methoxy groups -OCH3 is 1. The zero-order valence-corrected chi connectivity index (χ0v) is 24.6. The Morgan fingerprint density at radius 1 is 1.03 bits per heavy atom. The van der Waals surface area contributed by atoms with Crippen LogP contribution in [0.25, 0.3) is 5.69 Å². The van der Waals surface area contributed by atoms with Crippen molar-refractivity contribution in [3.8, 4) is 22.9 Å². The second-order valence-corrected chi connectivity index (χ2v) is 9.84. The van der Waals surface area contributed by atoms with Crippen LogP contribution in [0.4, 0.5) is 0 Å². The van der Waals surface area contributed by atoms with E-state index in [9.17, 15) is 4.79 Å². The molecule has 0 aliphatic heterocycles. The zero-order valence-electron chi connectivity index (χ0n) is 21.4. The Labute approximate surface area is 237 Å². The molecule has 4 rings (SSSR count). The van der Waals surface area contributed by atoms with Crippen LogP contribution in [0.1, 0.15) is 40.2 Å². The number of aromatic nitrogens is 1. The largest absolute Gasteiger partial charge is 0.493 e. The maximum atomic E-state index is 12.5. The van der Waals surface area contributed by atoms with Crippen molar-refractivity contribution in [1.82, 2.24) is 9.99 Å². The number of nitrogens with one attached hydrogen (secondary N) is 1. The van der Waals surface area contributed by atoms with Gasteiger partial charge in [0, 0.05) is 27.1 Å². The molecule has 0 unspecified atom stereocenters. The Bertz CT molecular complexity index is 1440. The molecule has 2 heterocycles. The quantitative estimate of drug-likeness (QED) is 0.149. The van der Waals surface area contributed by atoms with Crippen LogP contribution in [0.3, 0.4) is 0 Å². The van der Waals surface area contributed by atoms with E-state index in [0.29, 0.717) is 44.1 Å². The van der Waals surface area contributed by atoms with Crippen LogP contribution in [0, 0.1) is 13.8 Å². The molecule has 1 amide bonds. The normalized spacial score (nSPS) is 11.1. The smallest absolute Gasteiger partial charge is 0.307 e. The van der Waals surface area contributed by atoms with Gasteiger partial charge < -0.3 is 23.2 Å². The van der Waals surface area contributed by atoms with Gasteiger partial charge in [-0.2, -0.15) is 5.10 Å². The molecule has 2 aromatic carbocycles. The molecule has 0 saturated carbocycles. The van der Waals surface area contributed by atoms with Gasteiger partial charge >= 0.3 is 5.91 Å². The fourth-order valence-corrected chi connectivity index (χ4v) is 4.78. The highest BCUT2D eigenvalue weighted by Gasteiger charge is 2.16. The van der Waals surface area contributed by atoms with Crippen molar-refractivity contribution in [3.63, 3.8) is 0 Å². The maximum Gasteiger partial charge on any atom is 0.307 e. The van der Waals surface area contributed by atoms with Crippen molar-refractivity contribution >= 4 is 44.0 Å². The standard InChI is InChI=1S/C28H27Br2N3O5/c1-5-36-27-24(35-4)14-19(25(29)26(27)30)15-31-32-28(34)23-13-12-22(38-23)16-37-21-10-8-20(9-11-21)33-17(2)6-7-18(33)3/h6-15H,5,16H2,1-4H3,(H,32,34)/b31-15+. The van der Waals surface area contributed by atoms with Crippen LogP contribution < -0.4 is 19.6 Å². The summed E-state index contributed by atoms with van der Waals surface area (Å²) in [6, 6.07) is 17.0. The molecular weight excluding hydrogens is 618 g/mol. The number of carbonyl (C=O) groups excluding carboxylic acids is 1. The van der Waals surface area contributed by atoms with Gasteiger partial charge in [-0.1, -0.05) is 0 Å². The van der Waals surface area contributed by atoms with Crippen LogP contribution in [0.2, 0.25) is 0 Å². The number of amides is 1. The average Bonchev–Trinajstić information content (AvgIpc) is 3.53. The Balaban J connectivity index is 1.35. The van der Waals surface area contributed by atoms with Gasteiger partial charge in [-0.15, -0.1) is 0 Å². The van der Waals surface area contributed by atoms with Gasteiger partial charge in [-0.3, -0.25) is 4.79 Å². The predicted octanol–water partition coefficient (Wildman–Crippen LogP) is 6.96. The van der Waals surface area contributed by atoms with Crippen molar-refractivity contribution in [2.45, 2.75) is 27.4 Å². The van der Waals surface area contributed by atoms with Crippen molar-refractivity contribution in [3.05, 3.63) is 92.0 Å². The fourth-order valence-electron chi connectivity index (χ4n) is 3.84. The van der Waals surface area contributed by atoms with E-state index in [1.165, 1.54) is 17.6 Å². The lowest BCUT2D eigenvalue weighted by molar-refractivity contribution is 0.0923. The van der Waals surface area contributed by atoms with Crippen molar-refractivity contribution in [2.24, 2.45) is 5.10 Å². The van der Waals surface area contributed by atoms with Crippen LogP contribution in [-0.2, 0) is 6.61 Å². The van der Waals surface area contributed by atoms with Crippen LogP contribution in [-0.4, -0.2) is 30.4 Å². The van der Waals surface area contributed by atoms with Crippen LogP contribution in [0.5, 0.6) is 17.2 Å². The summed E-state index contributed by atoms with van der Waals surface area (Å²) in [4.78, 5) is 12.5. The molecule has 0 spiro atoms. The Kier molecular flexibility index (Phi) is 8.96. The van der Waals surface area contributed by atoms with E-state index in [2.05, 4.69) is 72.9 Å². The molecule has 198 valence electrons. The highest BCUT2D eigenvalue weighted by Crippen LogP contribution is 2.42. The lowest BCUT2D eigenvalue weighted by Gasteiger charge is -2.14. The molecule has 1 N–H and O–H groups in total. The van der Waals surface area contributed by atoms with Crippen molar-refractivity contribution in [1.29, 1.82) is 0 Å². The van der Waals surface area contributed by atoms with Crippen molar-refractivity contribution in [2.75, 3.05) is 13.7 Å². The third kappa shape index (κ3) is 6.14. The maximum absolute atomic E-state index is 12.5. The summed E-state index contributed by atoms with van der Waals surface area (Å²) < 4.78 is 26.1. The number of rotatable bonds is 10. The monoisotopic (exact) mass is 643 g/mol. The van der Waals surface area contributed by atoms with E-state index >= 15 is 0 Å². The molecule has 0 fully saturated rings. The Morgan fingerprint density at radius 2 is 1.74 bits per heavy atom. The lowest BCUT2D eigenvalue weighted by Crippen LogP contribution is -2.16. The van der Waals surface area contributed by atoms with Gasteiger partial charge in [0.25, 0.3) is 0 Å². The second-order valence-electron chi connectivity index (χ2n) is 8.26. The first-order valence-corrected chi connectivity index (χ1v) is 13.4. The van der Waals surface area contributed by atoms with Gasteiger partial charge in [0.15, 0.2) is 17.3 Å². The highest BCUT2D eigenvalue weighted by molar-refractivity contribution is 9.13. The summed E-state index contributed by atoms with van der Waals surface area (Å²) in [6.45, 7) is 6.71. The molecular formula is C28H27Br2N3O5. The fraction of sp³-hybridized carbons (Fsp3) is 0.214. The number of hydrazone groups is 1. The number of nitrogens with zero attached hydrogens (tertiary/aromatic N) is 2. The molecule has 0 aliphatic carbocycles. The van der Waals surface area contributed by atoms with E-state index in [1.807, 2.05) is 31.2 Å². The SMILES string of the molecule is CCOc1c(OC)cc(/C=N/NC(=O)c2ccc(COc3ccc(-n4c(C)ccc4C)cc3)o2)c(Br)c1Br. The summed E-state index contributed by atoms with van der Waals surface area (Å²) in [7, 11) is 1.56. The van der Waals surface area contributed by atoms with Gasteiger partial charge in [0.2, 0.25) is 0 Å². The van der Waals surface area contributed by atoms with E-state index in [1.54, 1.807) is 25.3 Å². The minimum absolute atomic E-state index is 0.124. The summed E-state index contributed by atoms with van der Waals surface area (Å²) in [5, 5.41) is 4.05. The summed E-state index contributed by atoms with van der Waals surface area (Å²) in [6.07, 6.45) is 1.50. The number of ether oxygens (including phenoxy) is 3. The zero-order chi connectivity index (χ0) is 27.2. The van der Waals surface area contributed by atoms with Gasteiger partial charge in [-0.05, 0) is 107 Å². The van der Waals surface area contributed by atoms with E-state index in [-0.39, 0.29) is 12.4 Å². The first-order chi connectivity index (χ1) is 18.3. The third-order valence-electron chi connectivity index (χ3n) is 5.67. The van der Waals surface area contributed by atoms with E-state index < -0.39 is 5.91 Å². The summed E-state index contributed by atoms with van der Waals surface area (Å²) in [5.74, 6) is 1.97. The second kappa shape index (κ2) is 12.4. The summed E-state index contributed by atoms with van der Waals surface area (Å²) in [5.41, 5.74) is 6.56. The minimum Gasteiger partial charge on any atom is -0.493 e. The predicted molar refractivity (Wildman–Crippen MR) is 153 cm³/mol. The van der Waals surface area contributed by atoms with Gasteiger partial charge in [0.1, 0.15) is 18.1 Å². The molecule has 38 heavy (non-hydrogen) atoms. The molecule has 10 heteroatoms.